The Morgan fingerprint density at radius 1 is 1.42 bits per heavy atom. The van der Waals surface area contributed by atoms with Gasteiger partial charge in [-0.2, -0.15) is 0 Å². The number of halogens is 2. The third-order valence-electron chi connectivity index (χ3n) is 1.40. The molecule has 0 saturated heterocycles. The third kappa shape index (κ3) is 1.95. The van der Waals surface area contributed by atoms with Crippen molar-refractivity contribution < 1.29 is 8.78 Å². The average molecular weight is 193 g/mol. The molecule has 0 aliphatic rings. The Morgan fingerprint density at radius 3 is 2.42 bits per heavy atom. The SMILES string of the molecule is CCC(N)c1nnc(C(F)F)s1. The minimum atomic E-state index is -2.54. The molecule has 1 aromatic rings. The van der Waals surface area contributed by atoms with Crippen molar-refractivity contribution in [3.63, 3.8) is 0 Å². The van der Waals surface area contributed by atoms with Crippen LogP contribution in [0.15, 0.2) is 0 Å². The Balaban J connectivity index is 2.77. The lowest BCUT2D eigenvalue weighted by atomic mass is 10.3. The number of hydrogen-bond acceptors (Lipinski definition) is 4. The first-order valence-electron chi connectivity index (χ1n) is 3.52. The quantitative estimate of drug-likeness (QED) is 0.797. The van der Waals surface area contributed by atoms with Gasteiger partial charge in [0.05, 0.1) is 6.04 Å². The first kappa shape index (κ1) is 9.47. The summed E-state index contributed by atoms with van der Waals surface area (Å²) in [5.74, 6) is 0. The van der Waals surface area contributed by atoms with Crippen molar-refractivity contribution in [1.29, 1.82) is 0 Å². The number of rotatable bonds is 3. The number of nitrogens with two attached hydrogens (primary N) is 1. The predicted octanol–water partition coefficient (Wildman–Crippen LogP) is 1.89. The van der Waals surface area contributed by atoms with Crippen molar-refractivity contribution in [1.82, 2.24) is 10.2 Å². The predicted molar refractivity (Wildman–Crippen MR) is 42.1 cm³/mol. The van der Waals surface area contributed by atoms with Crippen molar-refractivity contribution in [3.05, 3.63) is 10.0 Å². The molecular formula is C6H9F2N3S. The van der Waals surface area contributed by atoms with Gasteiger partial charge in [-0.1, -0.05) is 18.3 Å². The highest BCUT2D eigenvalue weighted by atomic mass is 32.1. The molecule has 1 rings (SSSR count). The highest BCUT2D eigenvalue weighted by molar-refractivity contribution is 7.11. The molecule has 0 aromatic carbocycles. The number of alkyl halides is 2. The average Bonchev–Trinajstić information content (AvgIpc) is 2.51. The Kier molecular flexibility index (Phi) is 3.05. The van der Waals surface area contributed by atoms with E-state index in [0.717, 1.165) is 11.3 Å². The summed E-state index contributed by atoms with van der Waals surface area (Å²) in [4.78, 5) is 0. The molecule has 68 valence electrons. The van der Waals surface area contributed by atoms with Gasteiger partial charge in [-0.15, -0.1) is 10.2 Å². The van der Waals surface area contributed by atoms with E-state index in [0.29, 0.717) is 11.4 Å². The second-order valence-corrected chi connectivity index (χ2v) is 3.33. The van der Waals surface area contributed by atoms with Crippen LogP contribution in [0.2, 0.25) is 0 Å². The van der Waals surface area contributed by atoms with E-state index < -0.39 is 6.43 Å². The molecule has 0 aliphatic heterocycles. The van der Waals surface area contributed by atoms with Gasteiger partial charge in [-0.25, -0.2) is 8.78 Å². The molecule has 1 aromatic heterocycles. The van der Waals surface area contributed by atoms with Crippen molar-refractivity contribution >= 4 is 11.3 Å². The molecule has 1 heterocycles. The van der Waals surface area contributed by atoms with Crippen molar-refractivity contribution in [2.24, 2.45) is 5.73 Å². The van der Waals surface area contributed by atoms with E-state index in [9.17, 15) is 8.78 Å². The van der Waals surface area contributed by atoms with Gasteiger partial charge in [0.15, 0.2) is 5.01 Å². The summed E-state index contributed by atoms with van der Waals surface area (Å²) in [5.41, 5.74) is 5.57. The van der Waals surface area contributed by atoms with Crippen LogP contribution in [-0.4, -0.2) is 10.2 Å². The van der Waals surface area contributed by atoms with Gasteiger partial charge in [0.2, 0.25) is 0 Å². The fourth-order valence-corrected chi connectivity index (χ4v) is 1.44. The highest BCUT2D eigenvalue weighted by Gasteiger charge is 2.16. The van der Waals surface area contributed by atoms with Crippen molar-refractivity contribution in [2.75, 3.05) is 0 Å². The second kappa shape index (κ2) is 3.86. The minimum absolute atomic E-state index is 0.256. The van der Waals surface area contributed by atoms with E-state index >= 15 is 0 Å². The molecule has 0 bridgehead atoms. The molecule has 2 N–H and O–H groups in total. The second-order valence-electron chi connectivity index (χ2n) is 2.29. The molecule has 6 heteroatoms. The van der Waals surface area contributed by atoms with E-state index in [4.69, 9.17) is 5.73 Å². The van der Waals surface area contributed by atoms with Gasteiger partial charge >= 0.3 is 0 Å². The smallest absolute Gasteiger partial charge is 0.291 e. The van der Waals surface area contributed by atoms with E-state index in [1.54, 1.807) is 0 Å². The lowest BCUT2D eigenvalue weighted by molar-refractivity contribution is 0.150. The van der Waals surface area contributed by atoms with Crippen LogP contribution in [0.25, 0.3) is 0 Å². The summed E-state index contributed by atoms with van der Waals surface area (Å²) < 4.78 is 24.0. The zero-order valence-corrected chi connectivity index (χ0v) is 7.31. The summed E-state index contributed by atoms with van der Waals surface area (Å²) in [6.45, 7) is 1.87. The third-order valence-corrected chi connectivity index (χ3v) is 2.46. The van der Waals surface area contributed by atoms with Gasteiger partial charge in [0, 0.05) is 0 Å². The summed E-state index contributed by atoms with van der Waals surface area (Å²) in [6, 6.07) is -0.269. The van der Waals surface area contributed by atoms with Gasteiger partial charge in [0.25, 0.3) is 6.43 Å². The van der Waals surface area contributed by atoms with E-state index in [-0.39, 0.29) is 11.0 Å². The van der Waals surface area contributed by atoms with Crippen LogP contribution in [0.4, 0.5) is 8.78 Å². The van der Waals surface area contributed by atoms with E-state index in [2.05, 4.69) is 10.2 Å². The zero-order valence-electron chi connectivity index (χ0n) is 6.50. The molecule has 1 atom stereocenters. The van der Waals surface area contributed by atoms with Gasteiger partial charge < -0.3 is 5.73 Å². The Hall–Kier alpha value is -0.620. The van der Waals surface area contributed by atoms with Crippen molar-refractivity contribution in [3.8, 4) is 0 Å². The maximum atomic E-state index is 12.0. The Bertz CT molecular complexity index is 251. The minimum Gasteiger partial charge on any atom is -0.322 e. The maximum absolute atomic E-state index is 12.0. The first-order chi connectivity index (χ1) is 5.65. The summed E-state index contributed by atoms with van der Waals surface area (Å²) in [5, 5.41) is 7.12. The maximum Gasteiger partial charge on any atom is 0.291 e. The molecule has 3 nitrogen and oxygen atoms in total. The zero-order chi connectivity index (χ0) is 9.14. The highest BCUT2D eigenvalue weighted by Crippen LogP contribution is 2.25. The molecule has 12 heavy (non-hydrogen) atoms. The molecule has 0 spiro atoms. The molecule has 0 saturated carbocycles. The first-order valence-corrected chi connectivity index (χ1v) is 4.33. The van der Waals surface area contributed by atoms with Crippen LogP contribution in [-0.2, 0) is 0 Å². The molecular weight excluding hydrogens is 184 g/mol. The standard InChI is InChI=1S/C6H9F2N3S/c1-2-3(9)5-10-11-6(12-5)4(7)8/h3-4H,2,9H2,1H3. The summed E-state index contributed by atoms with van der Waals surface area (Å²) in [7, 11) is 0. The topological polar surface area (TPSA) is 51.8 Å². The lowest BCUT2D eigenvalue weighted by Gasteiger charge is -2.00. The van der Waals surface area contributed by atoms with Crippen LogP contribution < -0.4 is 5.73 Å². The van der Waals surface area contributed by atoms with Gasteiger partial charge in [-0.3, -0.25) is 0 Å². The largest absolute Gasteiger partial charge is 0.322 e. The van der Waals surface area contributed by atoms with Crippen molar-refractivity contribution in [2.45, 2.75) is 25.8 Å². The fourth-order valence-electron chi connectivity index (χ4n) is 0.659. The Labute approximate surface area is 72.6 Å². The van der Waals surface area contributed by atoms with Crippen LogP contribution >= 0.6 is 11.3 Å². The molecule has 0 amide bonds. The molecule has 0 aliphatic carbocycles. The normalized spacial score (nSPS) is 13.8. The number of nitrogens with zero attached hydrogens (tertiary/aromatic N) is 2. The molecule has 0 fully saturated rings. The summed E-state index contributed by atoms with van der Waals surface area (Å²) in [6.07, 6.45) is -1.86. The lowest BCUT2D eigenvalue weighted by Crippen LogP contribution is -2.07. The van der Waals surface area contributed by atoms with Gasteiger partial charge in [0.1, 0.15) is 5.01 Å². The van der Waals surface area contributed by atoms with Crippen LogP contribution in [0.3, 0.4) is 0 Å². The molecule has 0 radical (unpaired) electrons. The fraction of sp³-hybridized carbons (Fsp3) is 0.667. The van der Waals surface area contributed by atoms with Crippen LogP contribution in [0.1, 0.15) is 35.8 Å². The molecule has 1 unspecified atom stereocenters. The monoisotopic (exact) mass is 193 g/mol. The number of hydrogen-bond donors (Lipinski definition) is 1. The van der Waals surface area contributed by atoms with E-state index in [1.807, 2.05) is 6.92 Å². The van der Waals surface area contributed by atoms with Crippen LogP contribution in [0.5, 0.6) is 0 Å². The Morgan fingerprint density at radius 2 is 2.00 bits per heavy atom. The number of aromatic nitrogens is 2. The summed E-state index contributed by atoms with van der Waals surface area (Å²) >= 11 is 0.876. The van der Waals surface area contributed by atoms with Crippen LogP contribution in [0, 0.1) is 0 Å². The van der Waals surface area contributed by atoms with E-state index in [1.165, 1.54) is 0 Å². The van der Waals surface area contributed by atoms with Gasteiger partial charge in [-0.05, 0) is 6.42 Å².